The van der Waals surface area contributed by atoms with Crippen LogP contribution in [-0.4, -0.2) is 14.3 Å². The van der Waals surface area contributed by atoms with E-state index >= 15 is 0 Å². The van der Waals surface area contributed by atoms with Gasteiger partial charge in [-0.1, -0.05) is 15.9 Å². The number of hydrogen-bond donors (Lipinski definition) is 0. The fraction of sp³-hybridized carbons (Fsp3) is 0.286. The van der Waals surface area contributed by atoms with E-state index in [0.717, 1.165) is 51.4 Å². The Labute approximate surface area is 117 Å². The normalized spacial score (nSPS) is 14.4. The van der Waals surface area contributed by atoms with Crippen molar-refractivity contribution < 1.29 is 0 Å². The number of halogens is 1. The van der Waals surface area contributed by atoms with Gasteiger partial charge in [0.1, 0.15) is 5.65 Å². The van der Waals surface area contributed by atoms with E-state index in [0.29, 0.717) is 0 Å². The standard InChI is InChI=1S/C14H12BrN3O/c1-8-5-9-12(11(15)6-8)10-7-16-18-4-2-3-17(13(10)18)14(9)19/h5-7H,2-4H2,1H3. The summed E-state index contributed by atoms with van der Waals surface area (Å²) in [6.07, 6.45) is 2.83. The molecular weight excluding hydrogens is 306 g/mol. The molecule has 0 N–H and O–H groups in total. The van der Waals surface area contributed by atoms with Crippen LogP contribution in [0.1, 0.15) is 12.0 Å². The van der Waals surface area contributed by atoms with E-state index < -0.39 is 0 Å². The Bertz CT molecular complexity index is 891. The van der Waals surface area contributed by atoms with Crippen molar-refractivity contribution in [3.63, 3.8) is 0 Å². The van der Waals surface area contributed by atoms with Gasteiger partial charge in [-0.2, -0.15) is 5.10 Å². The number of benzene rings is 1. The molecule has 0 saturated carbocycles. The molecule has 1 aromatic carbocycles. The van der Waals surface area contributed by atoms with Crippen LogP contribution in [-0.2, 0) is 13.1 Å². The van der Waals surface area contributed by atoms with Gasteiger partial charge in [0.2, 0.25) is 0 Å². The molecule has 0 saturated heterocycles. The smallest absolute Gasteiger partial charge is 0.260 e. The number of rotatable bonds is 0. The predicted molar refractivity (Wildman–Crippen MR) is 78.6 cm³/mol. The summed E-state index contributed by atoms with van der Waals surface area (Å²) in [7, 11) is 0. The molecule has 0 aliphatic carbocycles. The first-order chi connectivity index (χ1) is 9.16. The monoisotopic (exact) mass is 317 g/mol. The van der Waals surface area contributed by atoms with Gasteiger partial charge in [0, 0.05) is 33.7 Å². The maximum atomic E-state index is 12.7. The van der Waals surface area contributed by atoms with Crippen LogP contribution in [0, 0.1) is 6.92 Å². The third-order valence-corrected chi connectivity index (χ3v) is 4.42. The Balaban J connectivity index is 2.37. The minimum Gasteiger partial charge on any atom is -0.292 e. The quantitative estimate of drug-likeness (QED) is 0.639. The van der Waals surface area contributed by atoms with Gasteiger partial charge in [0.15, 0.2) is 0 Å². The average Bonchev–Trinajstić information content (AvgIpc) is 2.80. The van der Waals surface area contributed by atoms with Gasteiger partial charge < -0.3 is 0 Å². The third kappa shape index (κ3) is 1.39. The van der Waals surface area contributed by atoms with E-state index in [2.05, 4.69) is 27.1 Å². The third-order valence-electron chi connectivity index (χ3n) is 3.80. The Morgan fingerprint density at radius 2 is 2.11 bits per heavy atom. The first-order valence-corrected chi connectivity index (χ1v) is 7.14. The zero-order valence-electron chi connectivity index (χ0n) is 10.5. The number of fused-ring (bicyclic) bond motifs is 2. The van der Waals surface area contributed by atoms with Crippen LogP contribution >= 0.6 is 15.9 Å². The number of pyridine rings is 1. The summed E-state index contributed by atoms with van der Waals surface area (Å²) >= 11 is 3.59. The molecule has 0 fully saturated rings. The molecular formula is C14H12BrN3O. The molecule has 0 atom stereocenters. The fourth-order valence-electron chi connectivity index (χ4n) is 3.02. The van der Waals surface area contributed by atoms with Gasteiger partial charge in [-0.25, -0.2) is 4.68 Å². The molecule has 5 heteroatoms. The predicted octanol–water partition coefficient (Wildman–Crippen LogP) is 2.83. The minimum absolute atomic E-state index is 0.0911. The molecule has 4 rings (SSSR count). The molecule has 0 bridgehead atoms. The molecule has 3 heterocycles. The van der Waals surface area contributed by atoms with Crippen LogP contribution in [0.5, 0.6) is 0 Å². The van der Waals surface area contributed by atoms with Crippen molar-refractivity contribution in [2.45, 2.75) is 26.4 Å². The van der Waals surface area contributed by atoms with Gasteiger partial charge in [0.25, 0.3) is 5.56 Å². The lowest BCUT2D eigenvalue weighted by atomic mass is 10.1. The largest absolute Gasteiger partial charge is 0.292 e. The highest BCUT2D eigenvalue weighted by atomic mass is 79.9. The molecule has 0 radical (unpaired) electrons. The topological polar surface area (TPSA) is 39.8 Å². The lowest BCUT2D eigenvalue weighted by molar-refractivity contribution is 0.485. The molecule has 4 nitrogen and oxygen atoms in total. The van der Waals surface area contributed by atoms with Gasteiger partial charge in [-0.3, -0.25) is 9.36 Å². The number of aromatic nitrogens is 3. The van der Waals surface area contributed by atoms with E-state index in [1.54, 1.807) is 0 Å². The first-order valence-electron chi connectivity index (χ1n) is 6.35. The van der Waals surface area contributed by atoms with Crippen LogP contribution in [0.4, 0.5) is 0 Å². The van der Waals surface area contributed by atoms with E-state index in [-0.39, 0.29) is 5.56 Å². The van der Waals surface area contributed by atoms with Crippen molar-refractivity contribution in [3.8, 4) is 0 Å². The van der Waals surface area contributed by atoms with E-state index in [1.165, 1.54) is 0 Å². The van der Waals surface area contributed by atoms with Gasteiger partial charge in [-0.05, 0) is 31.0 Å². The molecule has 96 valence electrons. The molecule has 1 aliphatic rings. The highest BCUT2D eigenvalue weighted by molar-refractivity contribution is 9.10. The fourth-order valence-corrected chi connectivity index (χ4v) is 3.80. The number of nitrogens with zero attached hydrogens (tertiary/aromatic N) is 3. The maximum Gasteiger partial charge on any atom is 0.260 e. The molecule has 1 aliphatic heterocycles. The summed E-state index contributed by atoms with van der Waals surface area (Å²) in [6.45, 7) is 3.67. The van der Waals surface area contributed by atoms with Gasteiger partial charge in [0.05, 0.1) is 6.20 Å². The first kappa shape index (κ1) is 11.2. The van der Waals surface area contributed by atoms with Crippen molar-refractivity contribution >= 4 is 37.7 Å². The summed E-state index contributed by atoms with van der Waals surface area (Å²) in [5.74, 6) is 0. The second-order valence-corrected chi connectivity index (χ2v) is 5.94. The zero-order chi connectivity index (χ0) is 13.1. The average molecular weight is 318 g/mol. The Kier molecular flexibility index (Phi) is 2.18. The molecule has 0 amide bonds. The van der Waals surface area contributed by atoms with Crippen LogP contribution < -0.4 is 5.56 Å². The molecule has 0 spiro atoms. The molecule has 19 heavy (non-hydrogen) atoms. The van der Waals surface area contributed by atoms with Crippen LogP contribution in [0.3, 0.4) is 0 Å². The number of aryl methyl sites for hydroxylation is 3. The summed E-state index contributed by atoms with van der Waals surface area (Å²) < 4.78 is 4.77. The van der Waals surface area contributed by atoms with Gasteiger partial charge in [-0.15, -0.1) is 0 Å². The lowest BCUT2D eigenvalue weighted by Gasteiger charge is -2.18. The molecule has 2 aromatic heterocycles. The Morgan fingerprint density at radius 1 is 1.26 bits per heavy atom. The summed E-state index contributed by atoms with van der Waals surface area (Å²) in [6, 6.07) is 4.02. The van der Waals surface area contributed by atoms with Crippen molar-refractivity contribution in [3.05, 3.63) is 38.7 Å². The summed E-state index contributed by atoms with van der Waals surface area (Å²) in [5.41, 5.74) is 2.13. The van der Waals surface area contributed by atoms with Crippen molar-refractivity contribution in [1.82, 2.24) is 14.3 Å². The second kappa shape index (κ2) is 3.70. The Morgan fingerprint density at radius 3 is 2.95 bits per heavy atom. The van der Waals surface area contributed by atoms with Crippen LogP contribution in [0.2, 0.25) is 0 Å². The van der Waals surface area contributed by atoms with Crippen molar-refractivity contribution in [1.29, 1.82) is 0 Å². The van der Waals surface area contributed by atoms with Crippen molar-refractivity contribution in [2.24, 2.45) is 0 Å². The van der Waals surface area contributed by atoms with E-state index in [1.807, 2.05) is 28.4 Å². The summed E-state index contributed by atoms with van der Waals surface area (Å²) in [5, 5.41) is 7.23. The zero-order valence-corrected chi connectivity index (χ0v) is 12.1. The minimum atomic E-state index is 0.0911. The van der Waals surface area contributed by atoms with Crippen molar-refractivity contribution in [2.75, 3.05) is 0 Å². The molecule has 3 aromatic rings. The SMILES string of the molecule is Cc1cc(Br)c2c(c1)c(=O)n1c3c2cnn3CCC1. The highest BCUT2D eigenvalue weighted by Crippen LogP contribution is 2.31. The maximum absolute atomic E-state index is 12.7. The second-order valence-electron chi connectivity index (χ2n) is 5.08. The van der Waals surface area contributed by atoms with E-state index in [4.69, 9.17) is 0 Å². The highest BCUT2D eigenvalue weighted by Gasteiger charge is 2.19. The van der Waals surface area contributed by atoms with E-state index in [9.17, 15) is 4.79 Å². The lowest BCUT2D eigenvalue weighted by Crippen LogP contribution is -2.27. The molecule has 0 unspecified atom stereocenters. The summed E-state index contributed by atoms with van der Waals surface area (Å²) in [4.78, 5) is 12.7. The van der Waals surface area contributed by atoms with Crippen LogP contribution in [0.25, 0.3) is 21.8 Å². The van der Waals surface area contributed by atoms with Gasteiger partial charge >= 0.3 is 0 Å². The van der Waals surface area contributed by atoms with Crippen LogP contribution in [0.15, 0.2) is 27.6 Å². The number of hydrogen-bond acceptors (Lipinski definition) is 2. The Hall–Kier alpha value is -1.62.